The van der Waals surface area contributed by atoms with Gasteiger partial charge in [-0.05, 0) is 66.8 Å². The van der Waals surface area contributed by atoms with E-state index >= 15 is 0 Å². The lowest BCUT2D eigenvalue weighted by atomic mass is 10.1. The maximum atomic E-state index is 4.42. The van der Waals surface area contributed by atoms with Crippen LogP contribution in [-0.4, -0.2) is 24.1 Å². The van der Waals surface area contributed by atoms with Crippen molar-refractivity contribution in [2.45, 2.75) is 32.2 Å². The molecule has 0 aromatic carbocycles. The van der Waals surface area contributed by atoms with Crippen LogP contribution in [0.3, 0.4) is 0 Å². The average molecular weight is 284 g/mol. The number of aryl methyl sites for hydroxylation is 1. The molecule has 1 saturated heterocycles. The van der Waals surface area contributed by atoms with Crippen molar-refractivity contribution in [1.82, 2.24) is 10.3 Å². The summed E-state index contributed by atoms with van der Waals surface area (Å²) in [6, 6.07) is 2.66. The fraction of sp³-hybridized carbons (Fsp3) is 0.583. The van der Waals surface area contributed by atoms with E-state index in [-0.39, 0.29) is 0 Å². The molecule has 1 aliphatic rings. The summed E-state index contributed by atoms with van der Waals surface area (Å²) in [5, 5.41) is 6.96. The molecule has 1 aromatic rings. The molecule has 0 saturated carbocycles. The molecule has 2 N–H and O–H groups in total. The number of hydrogen-bond donors (Lipinski definition) is 2. The number of nitrogens with one attached hydrogen (secondary N) is 2. The lowest BCUT2D eigenvalue weighted by molar-refractivity contribution is 0.634. The van der Waals surface area contributed by atoms with Crippen LogP contribution in [0.15, 0.2) is 16.7 Å². The van der Waals surface area contributed by atoms with Gasteiger partial charge in [0.25, 0.3) is 0 Å². The van der Waals surface area contributed by atoms with Gasteiger partial charge >= 0.3 is 0 Å². The van der Waals surface area contributed by atoms with Crippen molar-refractivity contribution in [3.8, 4) is 0 Å². The first-order chi connectivity index (χ1) is 7.75. The third-order valence-electron chi connectivity index (χ3n) is 2.96. The Kier molecular flexibility index (Phi) is 4.18. The summed E-state index contributed by atoms with van der Waals surface area (Å²) in [5.41, 5.74) is 1.20. The molecule has 2 heterocycles. The first-order valence-electron chi connectivity index (χ1n) is 5.85. The van der Waals surface area contributed by atoms with E-state index in [1.807, 2.05) is 6.20 Å². The van der Waals surface area contributed by atoms with Gasteiger partial charge in [-0.1, -0.05) is 0 Å². The second-order valence-corrected chi connectivity index (χ2v) is 5.26. The molecular formula is C12H18BrN3. The van der Waals surface area contributed by atoms with Gasteiger partial charge in [-0.3, -0.25) is 0 Å². The second kappa shape index (κ2) is 5.64. The fourth-order valence-electron chi connectivity index (χ4n) is 2.05. The van der Waals surface area contributed by atoms with E-state index in [0.717, 1.165) is 23.4 Å². The Morgan fingerprint density at radius 2 is 2.31 bits per heavy atom. The topological polar surface area (TPSA) is 37.0 Å². The van der Waals surface area contributed by atoms with Gasteiger partial charge in [-0.2, -0.15) is 0 Å². The van der Waals surface area contributed by atoms with Gasteiger partial charge in [0, 0.05) is 16.7 Å². The molecule has 1 aromatic heterocycles. The lowest BCUT2D eigenvalue weighted by Gasteiger charge is -2.18. The SMILES string of the molecule is Cc1cc(Br)cnc1NC1CCCNCC1. The number of aromatic nitrogens is 1. The minimum atomic E-state index is 0.558. The molecule has 1 fully saturated rings. The van der Waals surface area contributed by atoms with Crippen molar-refractivity contribution in [3.05, 3.63) is 22.3 Å². The summed E-state index contributed by atoms with van der Waals surface area (Å²) in [7, 11) is 0. The van der Waals surface area contributed by atoms with Crippen molar-refractivity contribution < 1.29 is 0 Å². The summed E-state index contributed by atoms with van der Waals surface area (Å²) in [6.07, 6.45) is 5.50. The van der Waals surface area contributed by atoms with Crippen LogP contribution in [0.2, 0.25) is 0 Å². The Morgan fingerprint density at radius 3 is 3.12 bits per heavy atom. The molecule has 3 nitrogen and oxygen atoms in total. The summed E-state index contributed by atoms with van der Waals surface area (Å²) >= 11 is 3.43. The van der Waals surface area contributed by atoms with E-state index in [9.17, 15) is 0 Å². The van der Waals surface area contributed by atoms with Gasteiger partial charge in [0.05, 0.1) is 0 Å². The summed E-state index contributed by atoms with van der Waals surface area (Å²) in [5.74, 6) is 1.02. The van der Waals surface area contributed by atoms with Crippen LogP contribution in [0.1, 0.15) is 24.8 Å². The van der Waals surface area contributed by atoms with E-state index in [2.05, 4.69) is 44.5 Å². The number of anilines is 1. The molecule has 2 rings (SSSR count). The van der Waals surface area contributed by atoms with E-state index in [1.54, 1.807) is 0 Å². The number of nitrogens with zero attached hydrogens (tertiary/aromatic N) is 1. The highest BCUT2D eigenvalue weighted by Crippen LogP contribution is 2.19. The zero-order chi connectivity index (χ0) is 11.4. The molecule has 1 aliphatic heterocycles. The molecule has 1 unspecified atom stereocenters. The predicted molar refractivity (Wildman–Crippen MR) is 70.8 cm³/mol. The highest BCUT2D eigenvalue weighted by Gasteiger charge is 2.12. The van der Waals surface area contributed by atoms with Crippen molar-refractivity contribution in [1.29, 1.82) is 0 Å². The molecule has 16 heavy (non-hydrogen) atoms. The number of pyridine rings is 1. The van der Waals surface area contributed by atoms with Crippen LogP contribution in [0.5, 0.6) is 0 Å². The van der Waals surface area contributed by atoms with Crippen molar-refractivity contribution >= 4 is 21.7 Å². The smallest absolute Gasteiger partial charge is 0.129 e. The van der Waals surface area contributed by atoms with Gasteiger partial charge < -0.3 is 10.6 Å². The Balaban J connectivity index is 2.01. The molecule has 0 spiro atoms. The Morgan fingerprint density at radius 1 is 1.44 bits per heavy atom. The van der Waals surface area contributed by atoms with Crippen LogP contribution >= 0.6 is 15.9 Å². The Bertz CT molecular complexity index is 346. The maximum Gasteiger partial charge on any atom is 0.129 e. The van der Waals surface area contributed by atoms with Crippen molar-refractivity contribution in [3.63, 3.8) is 0 Å². The molecule has 88 valence electrons. The zero-order valence-corrected chi connectivity index (χ0v) is 11.2. The van der Waals surface area contributed by atoms with Gasteiger partial charge in [-0.15, -0.1) is 0 Å². The van der Waals surface area contributed by atoms with Gasteiger partial charge in [0.2, 0.25) is 0 Å². The molecule has 4 heteroatoms. The van der Waals surface area contributed by atoms with E-state index in [4.69, 9.17) is 0 Å². The highest BCUT2D eigenvalue weighted by atomic mass is 79.9. The molecule has 0 radical (unpaired) electrons. The molecule has 0 aliphatic carbocycles. The average Bonchev–Trinajstić information content (AvgIpc) is 2.51. The second-order valence-electron chi connectivity index (χ2n) is 4.34. The Labute approximate surface area is 105 Å². The summed E-state index contributed by atoms with van der Waals surface area (Å²) in [6.45, 7) is 4.34. The van der Waals surface area contributed by atoms with Crippen LogP contribution in [0.4, 0.5) is 5.82 Å². The van der Waals surface area contributed by atoms with Gasteiger partial charge in [0.15, 0.2) is 0 Å². The quantitative estimate of drug-likeness (QED) is 0.876. The normalized spacial score (nSPS) is 21.5. The summed E-state index contributed by atoms with van der Waals surface area (Å²) in [4.78, 5) is 4.42. The van der Waals surface area contributed by atoms with Crippen LogP contribution in [0.25, 0.3) is 0 Å². The highest BCUT2D eigenvalue weighted by molar-refractivity contribution is 9.10. The third kappa shape index (κ3) is 3.19. The summed E-state index contributed by atoms with van der Waals surface area (Å²) < 4.78 is 1.04. The standard InChI is InChI=1S/C12H18BrN3/c1-9-7-10(13)8-15-12(9)16-11-3-2-5-14-6-4-11/h7-8,11,14H,2-6H2,1H3,(H,15,16). The number of halogens is 1. The molecule has 0 bridgehead atoms. The van der Waals surface area contributed by atoms with Crippen LogP contribution in [0, 0.1) is 6.92 Å². The van der Waals surface area contributed by atoms with Crippen LogP contribution < -0.4 is 10.6 Å². The third-order valence-corrected chi connectivity index (χ3v) is 3.40. The number of rotatable bonds is 2. The zero-order valence-electron chi connectivity index (χ0n) is 9.59. The van der Waals surface area contributed by atoms with Gasteiger partial charge in [0.1, 0.15) is 5.82 Å². The predicted octanol–water partition coefficient (Wildman–Crippen LogP) is 2.71. The maximum absolute atomic E-state index is 4.42. The monoisotopic (exact) mass is 283 g/mol. The first kappa shape index (κ1) is 11.9. The molecule has 0 amide bonds. The Hall–Kier alpha value is -0.610. The first-order valence-corrected chi connectivity index (χ1v) is 6.64. The number of hydrogen-bond acceptors (Lipinski definition) is 3. The molecular weight excluding hydrogens is 266 g/mol. The minimum Gasteiger partial charge on any atom is -0.367 e. The molecule has 1 atom stereocenters. The van der Waals surface area contributed by atoms with Crippen molar-refractivity contribution in [2.24, 2.45) is 0 Å². The van der Waals surface area contributed by atoms with Crippen molar-refractivity contribution in [2.75, 3.05) is 18.4 Å². The van der Waals surface area contributed by atoms with E-state index < -0.39 is 0 Å². The minimum absolute atomic E-state index is 0.558. The van der Waals surface area contributed by atoms with Crippen LogP contribution in [-0.2, 0) is 0 Å². The lowest BCUT2D eigenvalue weighted by Crippen LogP contribution is -2.22. The largest absolute Gasteiger partial charge is 0.367 e. The van der Waals surface area contributed by atoms with E-state index in [0.29, 0.717) is 6.04 Å². The fourth-order valence-corrected chi connectivity index (χ4v) is 2.49. The van der Waals surface area contributed by atoms with Gasteiger partial charge in [-0.25, -0.2) is 4.98 Å². The van der Waals surface area contributed by atoms with E-state index in [1.165, 1.54) is 24.8 Å².